The summed E-state index contributed by atoms with van der Waals surface area (Å²) in [4.78, 5) is 24.3. The Morgan fingerprint density at radius 2 is 1.89 bits per heavy atom. The number of hydrogen-bond donors (Lipinski definition) is 1. The van der Waals surface area contributed by atoms with Gasteiger partial charge >= 0.3 is 70.4 Å². The van der Waals surface area contributed by atoms with Gasteiger partial charge in [-0.3, -0.25) is 0 Å². The van der Waals surface area contributed by atoms with Crippen molar-refractivity contribution in [2.24, 2.45) is 0 Å². The normalized spacial score (nSPS) is 12.7. The maximum atomic E-state index is 12.8. The van der Waals surface area contributed by atoms with E-state index in [0.29, 0.717) is 23.3 Å². The fourth-order valence-electron chi connectivity index (χ4n) is 2.26. The molecule has 1 amide bonds. The van der Waals surface area contributed by atoms with Gasteiger partial charge in [-0.15, -0.1) is 0 Å². The molecule has 27 heavy (non-hydrogen) atoms. The molecule has 0 bridgehead atoms. The Balaban J connectivity index is 0.00000676. The Labute approximate surface area is 204 Å². The second-order valence-electron chi connectivity index (χ2n) is 6.94. The number of rotatable bonds is 7. The monoisotopic (exact) mass is 433 g/mol. The fraction of sp³-hybridized carbons (Fsp3) is 0.625. The summed E-state index contributed by atoms with van der Waals surface area (Å²) in [5, 5.41) is 2.45. The summed E-state index contributed by atoms with van der Waals surface area (Å²) in [6, 6.07) is 0.234. The number of halogens is 3. The van der Waals surface area contributed by atoms with Crippen LogP contribution in [0.4, 0.5) is 17.7 Å². The number of nitrogens with one attached hydrogen (secondary N) is 1. The first-order valence-corrected chi connectivity index (χ1v) is 9.01. The number of ether oxygens (including phenoxy) is 2. The zero-order valence-electron chi connectivity index (χ0n) is 16.5. The first-order valence-electron chi connectivity index (χ1n) is 8.20. The van der Waals surface area contributed by atoms with Gasteiger partial charge in [0.05, 0.1) is 7.11 Å². The van der Waals surface area contributed by atoms with Gasteiger partial charge in [0.15, 0.2) is 0 Å². The van der Waals surface area contributed by atoms with E-state index >= 15 is 0 Å². The van der Waals surface area contributed by atoms with Crippen molar-refractivity contribution in [3.05, 3.63) is 16.5 Å². The Morgan fingerprint density at radius 3 is 2.33 bits per heavy atom. The van der Waals surface area contributed by atoms with Gasteiger partial charge < -0.3 is 27.7 Å². The topological polar surface area (TPSA) is 64.6 Å². The molecular formula is C16H24BF3KNO4S. The third-order valence-corrected chi connectivity index (χ3v) is 4.83. The van der Waals surface area contributed by atoms with E-state index in [1.807, 2.05) is 0 Å². The molecule has 0 aromatic carbocycles. The standard InChI is InChI=1S/C16H24BF3NO4S.K/c1-10-9-13(17(18,19)20)26-12(10)8-6-7-11(14(22)24-5)21-15(23)25-16(2,3)4;/h9,11H,6-8H2,1-5H3,(H,21,23);/q-1;+1/t11-;/m0./s1. The second-order valence-corrected chi connectivity index (χ2v) is 8.11. The molecule has 11 heteroatoms. The molecular weight excluding hydrogens is 409 g/mol. The van der Waals surface area contributed by atoms with E-state index in [1.54, 1.807) is 27.7 Å². The molecule has 0 unspecified atom stereocenters. The second kappa shape index (κ2) is 11.2. The number of alkyl carbamates (subject to hydrolysis) is 1. The summed E-state index contributed by atoms with van der Waals surface area (Å²) in [6.07, 6.45) is 0.283. The van der Waals surface area contributed by atoms with Crippen molar-refractivity contribution in [3.8, 4) is 0 Å². The molecule has 5 nitrogen and oxygen atoms in total. The van der Waals surface area contributed by atoms with Crippen LogP contribution in [0.1, 0.15) is 44.1 Å². The molecule has 0 aliphatic carbocycles. The zero-order chi connectivity index (χ0) is 20.1. The molecule has 1 aromatic heterocycles. The van der Waals surface area contributed by atoms with Crippen LogP contribution >= 0.6 is 11.3 Å². The fourth-order valence-corrected chi connectivity index (χ4v) is 3.38. The Bertz CT molecular complexity index is 647. The van der Waals surface area contributed by atoms with E-state index in [9.17, 15) is 22.5 Å². The maximum Gasteiger partial charge on any atom is 1.00 e. The summed E-state index contributed by atoms with van der Waals surface area (Å²) >= 11 is 0.729. The minimum atomic E-state index is -5.01. The van der Waals surface area contributed by atoms with E-state index in [2.05, 4.69) is 10.1 Å². The average molecular weight is 433 g/mol. The van der Waals surface area contributed by atoms with Gasteiger partial charge in [0.1, 0.15) is 11.6 Å². The van der Waals surface area contributed by atoms with Crippen molar-refractivity contribution in [2.45, 2.75) is 58.6 Å². The SMILES string of the molecule is COC(=O)[C@H](CCCc1sc([B-](F)(F)F)cc1C)NC(=O)OC(C)(C)C.[K+]. The van der Waals surface area contributed by atoms with Gasteiger partial charge in [0.2, 0.25) is 0 Å². The van der Waals surface area contributed by atoms with Crippen LogP contribution in [0.2, 0.25) is 0 Å². The number of thiophene rings is 1. The van der Waals surface area contributed by atoms with Crippen molar-refractivity contribution in [1.82, 2.24) is 5.32 Å². The number of amides is 1. The molecule has 0 fully saturated rings. The Kier molecular flexibility index (Phi) is 11.2. The molecule has 148 valence electrons. The van der Waals surface area contributed by atoms with Crippen molar-refractivity contribution in [2.75, 3.05) is 7.11 Å². The van der Waals surface area contributed by atoms with E-state index < -0.39 is 35.5 Å². The molecule has 0 saturated carbocycles. The number of carbonyl (C=O) groups is 2. The van der Waals surface area contributed by atoms with Crippen molar-refractivity contribution < 1.29 is 83.4 Å². The minimum absolute atomic E-state index is 0. The predicted octanol–water partition coefficient (Wildman–Crippen LogP) is 0.504. The summed E-state index contributed by atoms with van der Waals surface area (Å²) < 4.78 is 47.6. The van der Waals surface area contributed by atoms with Crippen LogP contribution in [0.25, 0.3) is 0 Å². The van der Waals surface area contributed by atoms with Crippen LogP contribution in [0.3, 0.4) is 0 Å². The molecule has 0 saturated heterocycles. The number of aryl methyl sites for hydroxylation is 2. The third kappa shape index (κ3) is 9.80. The summed E-state index contributed by atoms with van der Waals surface area (Å²) in [6.45, 7) is 1.70. The van der Waals surface area contributed by atoms with Gasteiger partial charge in [0.25, 0.3) is 0 Å². The number of methoxy groups -OCH3 is 1. The summed E-state index contributed by atoms with van der Waals surface area (Å²) in [5.74, 6) is -0.627. The molecule has 0 radical (unpaired) electrons. The van der Waals surface area contributed by atoms with E-state index in [-0.39, 0.29) is 57.8 Å². The van der Waals surface area contributed by atoms with Crippen LogP contribution in [0.15, 0.2) is 6.07 Å². The Morgan fingerprint density at radius 1 is 1.30 bits per heavy atom. The van der Waals surface area contributed by atoms with Gasteiger partial charge in [0, 0.05) is 4.88 Å². The molecule has 1 rings (SSSR count). The first-order chi connectivity index (χ1) is 11.8. The van der Waals surface area contributed by atoms with Gasteiger partial charge in [-0.25, -0.2) is 9.59 Å². The quantitative estimate of drug-likeness (QED) is 0.503. The van der Waals surface area contributed by atoms with Crippen LogP contribution < -0.4 is 61.5 Å². The number of hydrogen-bond acceptors (Lipinski definition) is 5. The molecule has 0 spiro atoms. The van der Waals surface area contributed by atoms with Crippen LogP contribution in [-0.4, -0.2) is 37.8 Å². The largest absolute Gasteiger partial charge is 1.00 e. The van der Waals surface area contributed by atoms with E-state index in [1.165, 1.54) is 7.11 Å². The van der Waals surface area contributed by atoms with Crippen LogP contribution in [0, 0.1) is 6.92 Å². The Hall–Kier alpha value is -0.0687. The number of carbonyl (C=O) groups excluding carboxylic acids is 2. The predicted molar refractivity (Wildman–Crippen MR) is 95.9 cm³/mol. The maximum absolute atomic E-state index is 12.8. The van der Waals surface area contributed by atoms with E-state index in [0.717, 1.165) is 17.4 Å². The molecule has 1 N–H and O–H groups in total. The summed E-state index contributed by atoms with van der Waals surface area (Å²) in [5.41, 5.74) is -0.131. The van der Waals surface area contributed by atoms with Gasteiger partial charge in [-0.2, -0.15) is 11.3 Å². The summed E-state index contributed by atoms with van der Waals surface area (Å²) in [7, 11) is 1.20. The minimum Gasteiger partial charge on any atom is -0.467 e. The zero-order valence-corrected chi connectivity index (χ0v) is 20.5. The average Bonchev–Trinajstić information content (AvgIpc) is 2.85. The first kappa shape index (κ1) is 26.9. The third-order valence-electron chi connectivity index (χ3n) is 3.44. The van der Waals surface area contributed by atoms with Crippen LogP contribution in [0.5, 0.6) is 0 Å². The van der Waals surface area contributed by atoms with Gasteiger partial charge in [-0.05, 0) is 52.5 Å². The van der Waals surface area contributed by atoms with Crippen molar-refractivity contribution in [1.29, 1.82) is 0 Å². The molecule has 0 aliphatic rings. The van der Waals surface area contributed by atoms with Crippen LogP contribution in [-0.2, 0) is 20.7 Å². The van der Waals surface area contributed by atoms with Gasteiger partial charge in [-0.1, -0.05) is 10.8 Å². The smallest absolute Gasteiger partial charge is 0.467 e. The molecule has 0 aliphatic heterocycles. The molecule has 1 heterocycles. The number of esters is 1. The van der Waals surface area contributed by atoms with Crippen molar-refractivity contribution >= 4 is 35.2 Å². The molecule has 1 aromatic rings. The van der Waals surface area contributed by atoms with Crippen molar-refractivity contribution in [3.63, 3.8) is 0 Å². The van der Waals surface area contributed by atoms with E-state index in [4.69, 9.17) is 4.74 Å². The molecule has 1 atom stereocenters.